The van der Waals surface area contributed by atoms with Gasteiger partial charge in [-0.15, -0.1) is 0 Å². The van der Waals surface area contributed by atoms with Gasteiger partial charge in [0, 0.05) is 68.4 Å². The van der Waals surface area contributed by atoms with Crippen LogP contribution < -0.4 is 55.7 Å². The monoisotopic (exact) mass is 1070 g/mol. The predicted molar refractivity (Wildman–Crippen MR) is 286 cm³/mol. The molecule has 0 spiro atoms. The van der Waals surface area contributed by atoms with Crippen LogP contribution in [0.1, 0.15) is 130 Å². The Kier molecular flexibility index (Phi) is 32.0. The highest BCUT2D eigenvalue weighted by atomic mass is 16.4. The first-order chi connectivity index (χ1) is 35.9. The lowest BCUT2D eigenvalue weighted by Gasteiger charge is -2.27. The molecule has 0 radical (unpaired) electrons. The quantitative estimate of drug-likeness (QED) is 0.0229. The van der Waals surface area contributed by atoms with Gasteiger partial charge in [0.25, 0.3) is 0 Å². The van der Waals surface area contributed by atoms with E-state index in [1.807, 2.05) is 6.92 Å². The van der Waals surface area contributed by atoms with E-state index >= 15 is 0 Å². The zero-order chi connectivity index (χ0) is 57.5. The average molecular weight is 1070 g/mol. The van der Waals surface area contributed by atoms with E-state index in [0.29, 0.717) is 50.6 Å². The van der Waals surface area contributed by atoms with Crippen LogP contribution in [0.3, 0.4) is 0 Å². The van der Waals surface area contributed by atoms with Crippen molar-refractivity contribution >= 4 is 70.6 Å². The number of rotatable bonds is 41. The molecule has 0 aliphatic rings. The number of nitrogens with one attached hydrogen (secondary N) is 4. The Balaban J connectivity index is 3.33. The average Bonchev–Trinajstić information content (AvgIpc) is 3.36. The largest absolute Gasteiger partial charge is 0.481 e. The number of aliphatic imine (C=N–C) groups is 2. The molecule has 426 valence electrons. The molecule has 0 saturated heterocycles. The molecule has 24 heteroatoms. The number of Topliss-reactive ketones (excluding diaryl/α,β-unsaturated/α-hetero) is 4. The number of carbonyl (C=O) groups excluding carboxylic acids is 9. The first-order valence-electron chi connectivity index (χ1n) is 26.2. The fourth-order valence-corrected chi connectivity index (χ4v) is 8.32. The van der Waals surface area contributed by atoms with Crippen LogP contribution in [0.25, 0.3) is 0 Å². The van der Waals surface area contributed by atoms with Gasteiger partial charge in [0.1, 0.15) is 6.04 Å². The number of aliphatic carboxylic acids is 1. The molecular formula is C52H86N12O12. The van der Waals surface area contributed by atoms with Crippen molar-refractivity contribution in [1.29, 1.82) is 0 Å². The number of nitrogens with two attached hydrogens (primary N) is 6. The minimum absolute atomic E-state index is 0.0337. The zero-order valence-electron chi connectivity index (χ0n) is 44.9. The van der Waals surface area contributed by atoms with Crippen LogP contribution in [0.4, 0.5) is 0 Å². The highest BCUT2D eigenvalue weighted by Crippen LogP contribution is 2.23. The van der Waals surface area contributed by atoms with Crippen molar-refractivity contribution in [1.82, 2.24) is 21.3 Å². The Morgan fingerprint density at radius 2 is 1.04 bits per heavy atom. The number of carboxylic acid groups (broad SMARTS) is 1. The van der Waals surface area contributed by atoms with Crippen LogP contribution in [0.2, 0.25) is 0 Å². The molecule has 76 heavy (non-hydrogen) atoms. The van der Waals surface area contributed by atoms with Gasteiger partial charge in [0.15, 0.2) is 35.1 Å². The number of carboxylic acids is 1. The van der Waals surface area contributed by atoms with E-state index in [1.54, 1.807) is 44.2 Å². The molecule has 0 saturated carbocycles. The number of carbonyl (C=O) groups is 10. The molecule has 0 fully saturated rings. The van der Waals surface area contributed by atoms with Gasteiger partial charge in [0.2, 0.25) is 29.5 Å². The summed E-state index contributed by atoms with van der Waals surface area (Å²) in [6.07, 6.45) is 0.919. The molecule has 1 aromatic rings. The summed E-state index contributed by atoms with van der Waals surface area (Å²) >= 11 is 0. The maximum absolute atomic E-state index is 14.0. The molecule has 18 N–H and O–H groups in total. The summed E-state index contributed by atoms with van der Waals surface area (Å²) < 4.78 is 0. The summed E-state index contributed by atoms with van der Waals surface area (Å²) in [7, 11) is 0. The Morgan fingerprint density at radius 3 is 1.58 bits per heavy atom. The Hall–Kier alpha value is -6.82. The van der Waals surface area contributed by atoms with Crippen molar-refractivity contribution in [3.63, 3.8) is 0 Å². The lowest BCUT2D eigenvalue weighted by Crippen LogP contribution is -2.50. The molecule has 0 heterocycles. The van der Waals surface area contributed by atoms with Crippen LogP contribution in [-0.2, 0) is 54.4 Å². The Morgan fingerprint density at radius 1 is 0.539 bits per heavy atom. The number of unbranched alkanes of at least 4 members (excludes halogenated alkanes) is 1. The third kappa shape index (κ3) is 26.1. The molecule has 1 aromatic carbocycles. The highest BCUT2D eigenvalue weighted by Gasteiger charge is 2.36. The number of benzene rings is 1. The summed E-state index contributed by atoms with van der Waals surface area (Å²) in [5, 5.41) is 30.6. The van der Waals surface area contributed by atoms with Gasteiger partial charge in [-0.3, -0.25) is 57.9 Å². The van der Waals surface area contributed by atoms with Crippen molar-refractivity contribution in [2.75, 3.05) is 26.2 Å². The van der Waals surface area contributed by atoms with Crippen LogP contribution in [-0.4, -0.2) is 131 Å². The summed E-state index contributed by atoms with van der Waals surface area (Å²) in [5.74, 6) is -13.0. The van der Waals surface area contributed by atoms with E-state index in [-0.39, 0.29) is 63.0 Å². The molecule has 5 amide bonds. The Labute approximate surface area is 445 Å². The van der Waals surface area contributed by atoms with Gasteiger partial charge >= 0.3 is 5.97 Å². The third-order valence-corrected chi connectivity index (χ3v) is 13.3. The fraction of sp³-hybridized carbons (Fsp3) is 0.654. The van der Waals surface area contributed by atoms with Gasteiger partial charge in [-0.25, -0.2) is 0 Å². The van der Waals surface area contributed by atoms with E-state index in [2.05, 4.69) is 31.3 Å². The predicted octanol–water partition coefficient (Wildman–Crippen LogP) is -0.230. The summed E-state index contributed by atoms with van der Waals surface area (Å²) in [4.78, 5) is 142. The van der Waals surface area contributed by atoms with E-state index in [4.69, 9.17) is 34.4 Å². The third-order valence-electron chi connectivity index (χ3n) is 13.3. The molecule has 24 nitrogen and oxygen atoms in total. The number of nitrogens with zero attached hydrogens (tertiary/aromatic N) is 2. The van der Waals surface area contributed by atoms with E-state index in [9.17, 15) is 58.2 Å². The van der Waals surface area contributed by atoms with Gasteiger partial charge < -0.3 is 65.9 Å². The molecular weight excluding hydrogens is 985 g/mol. The standard InChI is InChI=1S/C52H86N12O12/c1-6-30(3)36(50(76)63-38(25-33-15-9-8-10-16-33)41(66)23-31(4)46(54)72)27-44(69)39(28-45(70)71)62-47(73)32(5)24-42(67)40(29-65)64-49(75)35(18-13-21-59-51(55)56)26-43(68)37(19-14-22-60-52(57)58)61-48(74)34(7-2)17-11-12-20-53/h8-10,15-16,30-32,34-40,65H,6-7,11-14,17-29,53H2,1-5H3,(H2,54,72)(H,61,74)(H,62,73)(H,63,76)(H,64,75)(H,70,71)(H4,55,56,59)(H4,57,58,60)/t30-,31+,32+,34-,35+,36-,37-,38-,39-,40-/m0/s1. The van der Waals surface area contributed by atoms with E-state index in [1.165, 1.54) is 13.8 Å². The maximum atomic E-state index is 14.0. The first kappa shape index (κ1) is 67.2. The van der Waals surface area contributed by atoms with Gasteiger partial charge in [-0.2, -0.15) is 0 Å². The summed E-state index contributed by atoms with van der Waals surface area (Å²) in [6.45, 7) is 7.92. The van der Waals surface area contributed by atoms with Gasteiger partial charge in [0.05, 0.1) is 31.2 Å². The van der Waals surface area contributed by atoms with Crippen molar-refractivity contribution in [2.24, 2.45) is 79.9 Å². The SMILES string of the molecule is CC[C@@H](CCCCN)C(=O)N[C@@H](CCCN=C(N)N)C(=O)C[C@@H](CCCN=C(N)N)C(=O)N[C@@H](CO)C(=O)C[C@@H](C)C(=O)N[C@@H](CC(=O)O)C(=O)C[C@H](C(=O)N[C@@H](Cc1ccccc1)C(=O)C[C@@H](C)C(N)=O)[C@@H](C)CC. The molecule has 0 aliphatic heterocycles. The minimum Gasteiger partial charge on any atom is -0.481 e. The van der Waals surface area contributed by atoms with E-state index < -0.39 is 145 Å². The molecule has 0 bridgehead atoms. The summed E-state index contributed by atoms with van der Waals surface area (Å²) in [5.41, 5.74) is 33.7. The lowest BCUT2D eigenvalue weighted by atomic mass is 9.84. The number of guanidine groups is 2. The zero-order valence-corrected chi connectivity index (χ0v) is 44.9. The second kappa shape index (κ2) is 36.2. The lowest BCUT2D eigenvalue weighted by molar-refractivity contribution is -0.141. The second-order valence-electron chi connectivity index (χ2n) is 19.6. The number of hydrogen-bond acceptors (Lipinski definition) is 14. The van der Waals surface area contributed by atoms with Crippen LogP contribution in [0, 0.1) is 35.5 Å². The fourth-order valence-electron chi connectivity index (χ4n) is 8.32. The number of amides is 5. The molecule has 10 atom stereocenters. The highest BCUT2D eigenvalue weighted by molar-refractivity contribution is 5.99. The number of hydrogen-bond donors (Lipinski definition) is 12. The van der Waals surface area contributed by atoms with Crippen molar-refractivity contribution in [3.8, 4) is 0 Å². The summed E-state index contributed by atoms with van der Waals surface area (Å²) in [6, 6.07) is 3.41. The van der Waals surface area contributed by atoms with Crippen molar-refractivity contribution in [2.45, 2.75) is 155 Å². The second-order valence-corrected chi connectivity index (χ2v) is 19.6. The van der Waals surface area contributed by atoms with Crippen molar-refractivity contribution < 1.29 is 58.2 Å². The number of aliphatic hydroxyl groups excluding tert-OH is 1. The minimum atomic E-state index is -1.66. The van der Waals surface area contributed by atoms with Gasteiger partial charge in [-0.1, -0.05) is 77.8 Å². The van der Waals surface area contributed by atoms with E-state index in [0.717, 1.165) is 0 Å². The molecule has 0 aliphatic carbocycles. The first-order valence-corrected chi connectivity index (χ1v) is 26.2. The van der Waals surface area contributed by atoms with Crippen LogP contribution in [0.15, 0.2) is 40.3 Å². The molecule has 1 rings (SSSR count). The van der Waals surface area contributed by atoms with Crippen molar-refractivity contribution in [3.05, 3.63) is 35.9 Å². The number of primary amides is 1. The number of aliphatic hydroxyl groups is 1. The number of ketones is 4. The maximum Gasteiger partial charge on any atom is 0.305 e. The van der Waals surface area contributed by atoms with Gasteiger partial charge in [-0.05, 0) is 69.4 Å². The van der Waals surface area contributed by atoms with Crippen LogP contribution >= 0.6 is 0 Å². The topological polar surface area (TPSA) is 440 Å². The molecule has 0 unspecified atom stereocenters. The van der Waals surface area contributed by atoms with Crippen LogP contribution in [0.5, 0.6) is 0 Å². The smallest absolute Gasteiger partial charge is 0.305 e. The molecule has 0 aromatic heterocycles. The Bertz CT molecular complexity index is 2130. The normalized spacial score (nSPS) is 15.0.